The van der Waals surface area contributed by atoms with E-state index in [0.717, 1.165) is 0 Å². The Labute approximate surface area is 72.7 Å². The van der Waals surface area contributed by atoms with E-state index in [4.69, 9.17) is 14.8 Å². The summed E-state index contributed by atoms with van der Waals surface area (Å²) in [7, 11) is -1.43. The van der Waals surface area contributed by atoms with Gasteiger partial charge in [0, 0.05) is 6.42 Å². The monoisotopic (exact) mass is 174 g/mol. The number of esters is 1. The Balaban J connectivity index is 3.61. The molecule has 0 saturated carbocycles. The summed E-state index contributed by atoms with van der Waals surface area (Å²) in [5, 5.41) is 16.9. The fraction of sp³-hybridized carbons (Fsp3) is 0.857. The largest absolute Gasteiger partial charge is 0.460 e. The SMILES string of the molecule is CC(C)(C)OC(=O)CCB(O)O. The lowest BCUT2D eigenvalue weighted by Crippen LogP contribution is -2.24. The number of carbonyl (C=O) groups excluding carboxylic acids is 1. The van der Waals surface area contributed by atoms with Crippen LogP contribution in [0.3, 0.4) is 0 Å². The molecule has 0 radical (unpaired) electrons. The van der Waals surface area contributed by atoms with Gasteiger partial charge < -0.3 is 14.8 Å². The quantitative estimate of drug-likeness (QED) is 0.473. The Morgan fingerprint density at radius 1 is 1.42 bits per heavy atom. The number of hydrogen-bond acceptors (Lipinski definition) is 4. The maximum atomic E-state index is 10.9. The van der Waals surface area contributed by atoms with Crippen molar-refractivity contribution in [2.24, 2.45) is 0 Å². The van der Waals surface area contributed by atoms with E-state index in [0.29, 0.717) is 0 Å². The molecule has 0 aromatic heterocycles. The molecule has 0 atom stereocenters. The topological polar surface area (TPSA) is 66.8 Å². The highest BCUT2D eigenvalue weighted by molar-refractivity contribution is 6.41. The maximum Gasteiger partial charge on any atom is 0.451 e. The highest BCUT2D eigenvalue weighted by Crippen LogP contribution is 2.09. The summed E-state index contributed by atoms with van der Waals surface area (Å²) in [6.45, 7) is 5.29. The summed E-state index contributed by atoms with van der Waals surface area (Å²) in [5.74, 6) is -0.407. The van der Waals surface area contributed by atoms with Crippen LogP contribution in [0.4, 0.5) is 0 Å². The standard InChI is InChI=1S/C7H15BO4/c1-7(2,3)12-6(9)4-5-8(10)11/h10-11H,4-5H2,1-3H3. The van der Waals surface area contributed by atoms with Gasteiger partial charge in [0.15, 0.2) is 0 Å². The first-order valence-corrected chi connectivity index (χ1v) is 3.89. The van der Waals surface area contributed by atoms with Crippen molar-refractivity contribution in [3.05, 3.63) is 0 Å². The van der Waals surface area contributed by atoms with Gasteiger partial charge in [0.1, 0.15) is 5.60 Å². The molecule has 0 unspecified atom stereocenters. The zero-order valence-electron chi connectivity index (χ0n) is 7.70. The summed E-state index contributed by atoms with van der Waals surface area (Å²) in [5.41, 5.74) is -0.502. The first-order chi connectivity index (χ1) is 5.31. The van der Waals surface area contributed by atoms with Crippen molar-refractivity contribution in [2.75, 3.05) is 0 Å². The van der Waals surface area contributed by atoms with Crippen LogP contribution in [0, 0.1) is 0 Å². The molecule has 12 heavy (non-hydrogen) atoms. The van der Waals surface area contributed by atoms with Crippen LogP contribution < -0.4 is 0 Å². The van der Waals surface area contributed by atoms with Crippen molar-refractivity contribution in [3.8, 4) is 0 Å². The van der Waals surface area contributed by atoms with E-state index >= 15 is 0 Å². The smallest absolute Gasteiger partial charge is 0.451 e. The third-order valence-electron chi connectivity index (χ3n) is 1.03. The molecule has 2 N–H and O–H groups in total. The van der Waals surface area contributed by atoms with E-state index in [1.165, 1.54) is 0 Å². The summed E-state index contributed by atoms with van der Waals surface area (Å²) < 4.78 is 4.93. The average molecular weight is 174 g/mol. The molecule has 0 bridgehead atoms. The fourth-order valence-corrected chi connectivity index (χ4v) is 0.639. The second-order valence-electron chi connectivity index (χ2n) is 3.61. The summed E-state index contributed by atoms with van der Waals surface area (Å²) in [6.07, 6.45) is 0.0594. The van der Waals surface area contributed by atoms with Gasteiger partial charge in [-0.3, -0.25) is 4.79 Å². The molecule has 4 nitrogen and oxygen atoms in total. The zero-order valence-corrected chi connectivity index (χ0v) is 7.70. The van der Waals surface area contributed by atoms with Crippen LogP contribution in [-0.4, -0.2) is 28.7 Å². The van der Waals surface area contributed by atoms with Crippen molar-refractivity contribution in [1.82, 2.24) is 0 Å². The van der Waals surface area contributed by atoms with Crippen molar-refractivity contribution < 1.29 is 19.6 Å². The Morgan fingerprint density at radius 2 is 1.92 bits per heavy atom. The van der Waals surface area contributed by atoms with E-state index in [9.17, 15) is 4.79 Å². The highest BCUT2D eigenvalue weighted by atomic mass is 16.6. The third-order valence-corrected chi connectivity index (χ3v) is 1.03. The normalized spacial score (nSPS) is 11.1. The van der Waals surface area contributed by atoms with Gasteiger partial charge >= 0.3 is 13.1 Å². The molecule has 0 aliphatic heterocycles. The van der Waals surface area contributed by atoms with Crippen molar-refractivity contribution >= 4 is 13.1 Å². The summed E-state index contributed by atoms with van der Waals surface area (Å²) in [4.78, 5) is 10.9. The Morgan fingerprint density at radius 3 is 2.25 bits per heavy atom. The van der Waals surface area contributed by atoms with Crippen molar-refractivity contribution in [1.29, 1.82) is 0 Å². The molecule has 0 aliphatic carbocycles. The van der Waals surface area contributed by atoms with E-state index in [2.05, 4.69) is 0 Å². The minimum absolute atomic E-state index is 0.0227. The second kappa shape index (κ2) is 4.47. The summed E-state index contributed by atoms with van der Waals surface area (Å²) in [6, 6.07) is 0. The zero-order chi connectivity index (χ0) is 9.78. The molecule has 70 valence electrons. The van der Waals surface area contributed by atoms with Gasteiger partial charge in [-0.2, -0.15) is 0 Å². The van der Waals surface area contributed by atoms with Crippen molar-refractivity contribution in [2.45, 2.75) is 39.1 Å². The Bertz CT molecular complexity index is 150. The minimum atomic E-state index is -1.43. The first-order valence-electron chi connectivity index (χ1n) is 3.89. The van der Waals surface area contributed by atoms with E-state index < -0.39 is 18.7 Å². The number of rotatable bonds is 3. The number of hydrogen-bond donors (Lipinski definition) is 2. The van der Waals surface area contributed by atoms with Gasteiger partial charge in [0.25, 0.3) is 0 Å². The van der Waals surface area contributed by atoms with Crippen LogP contribution in [0.5, 0.6) is 0 Å². The van der Waals surface area contributed by atoms with Crippen LogP contribution in [0.1, 0.15) is 27.2 Å². The molecule has 0 fully saturated rings. The molecule has 0 heterocycles. The molecule has 0 saturated heterocycles. The third kappa shape index (κ3) is 7.56. The van der Waals surface area contributed by atoms with Gasteiger partial charge in [0.2, 0.25) is 0 Å². The average Bonchev–Trinajstić information content (AvgIpc) is 1.79. The molecule has 0 aromatic carbocycles. The van der Waals surface area contributed by atoms with E-state index in [-0.39, 0.29) is 12.7 Å². The van der Waals surface area contributed by atoms with Crippen LogP contribution >= 0.6 is 0 Å². The van der Waals surface area contributed by atoms with Gasteiger partial charge in [-0.15, -0.1) is 0 Å². The Kier molecular flexibility index (Phi) is 4.27. The van der Waals surface area contributed by atoms with E-state index in [1.54, 1.807) is 20.8 Å². The molecule has 5 heteroatoms. The lowest BCUT2D eigenvalue weighted by Gasteiger charge is -2.19. The molecule has 0 spiro atoms. The van der Waals surface area contributed by atoms with Gasteiger partial charge in [-0.25, -0.2) is 0 Å². The molecule has 0 aliphatic rings. The second-order valence-corrected chi connectivity index (χ2v) is 3.61. The molecule has 0 aromatic rings. The predicted octanol–water partition coefficient (Wildman–Crippen LogP) is 0.191. The highest BCUT2D eigenvalue weighted by Gasteiger charge is 2.17. The predicted molar refractivity (Wildman–Crippen MR) is 45.5 cm³/mol. The van der Waals surface area contributed by atoms with Crippen LogP contribution in [0.25, 0.3) is 0 Å². The van der Waals surface area contributed by atoms with E-state index in [1.807, 2.05) is 0 Å². The van der Waals surface area contributed by atoms with Crippen LogP contribution in [-0.2, 0) is 9.53 Å². The fourth-order valence-electron chi connectivity index (χ4n) is 0.639. The lowest BCUT2D eigenvalue weighted by atomic mass is 9.84. The summed E-state index contributed by atoms with van der Waals surface area (Å²) >= 11 is 0. The van der Waals surface area contributed by atoms with Crippen LogP contribution in [0.15, 0.2) is 0 Å². The lowest BCUT2D eigenvalue weighted by molar-refractivity contribution is -0.154. The minimum Gasteiger partial charge on any atom is -0.460 e. The van der Waals surface area contributed by atoms with Gasteiger partial charge in [-0.05, 0) is 27.1 Å². The maximum absolute atomic E-state index is 10.9. The Hall–Kier alpha value is -0.545. The number of ether oxygens (including phenoxy) is 1. The van der Waals surface area contributed by atoms with Crippen LogP contribution in [0.2, 0.25) is 6.32 Å². The molecule has 0 rings (SSSR count). The van der Waals surface area contributed by atoms with Gasteiger partial charge in [-0.1, -0.05) is 0 Å². The molecular weight excluding hydrogens is 159 g/mol. The first kappa shape index (κ1) is 11.5. The molecular formula is C7H15BO4. The molecule has 0 amide bonds. The van der Waals surface area contributed by atoms with Crippen molar-refractivity contribution in [3.63, 3.8) is 0 Å². The number of carbonyl (C=O) groups is 1. The van der Waals surface area contributed by atoms with Gasteiger partial charge in [0.05, 0.1) is 0 Å².